The molecule has 6 rings (SSSR count). The van der Waals surface area contributed by atoms with Crippen molar-refractivity contribution in [2.75, 3.05) is 13.2 Å². The molecule has 0 aliphatic carbocycles. The van der Waals surface area contributed by atoms with Gasteiger partial charge >= 0.3 is 6.03 Å². The highest BCUT2D eigenvalue weighted by Gasteiger charge is 2.50. The number of carbonyl (C=O) groups excluding carboxylic acids is 3. The summed E-state index contributed by atoms with van der Waals surface area (Å²) in [5.74, 6) is 5.42. The number of imide groups is 1. The summed E-state index contributed by atoms with van der Waals surface area (Å²) in [6.07, 6.45) is 1.82. The molecule has 1 saturated heterocycles. The van der Waals surface area contributed by atoms with E-state index in [4.69, 9.17) is 4.74 Å². The standard InChI is InChI=1S/C30H25N5O4/c1-3-4-13-39-24-11-7-21-17-35(27(36)25(21)15-24)18-30(28(37)32-29(38)33-30)23-9-5-19(6-10-23)20-8-12-26-22(14-20)16-31-34(26)2/h5-12,14-16H,13,17-18H2,1-2H3,(H2,32,33,37,38)/t30-/m0/s1. The molecule has 0 unspecified atom stereocenters. The van der Waals surface area contributed by atoms with E-state index in [9.17, 15) is 14.4 Å². The quantitative estimate of drug-likeness (QED) is 0.300. The van der Waals surface area contributed by atoms with Crippen LogP contribution in [0.5, 0.6) is 5.75 Å². The topological polar surface area (TPSA) is 106 Å². The molecule has 9 heteroatoms. The molecule has 0 bridgehead atoms. The number of hydrogen-bond acceptors (Lipinski definition) is 5. The Bertz CT molecular complexity index is 1710. The van der Waals surface area contributed by atoms with Crippen LogP contribution < -0.4 is 15.4 Å². The summed E-state index contributed by atoms with van der Waals surface area (Å²) in [4.78, 5) is 40.5. The zero-order chi connectivity index (χ0) is 27.1. The van der Waals surface area contributed by atoms with Crippen molar-refractivity contribution in [2.45, 2.75) is 19.0 Å². The average molecular weight is 520 g/mol. The minimum atomic E-state index is -1.42. The maximum atomic E-state index is 13.4. The van der Waals surface area contributed by atoms with Gasteiger partial charge in [0, 0.05) is 24.5 Å². The smallest absolute Gasteiger partial charge is 0.322 e. The van der Waals surface area contributed by atoms with Crippen LogP contribution in [0, 0.1) is 11.8 Å². The van der Waals surface area contributed by atoms with Crippen molar-refractivity contribution in [2.24, 2.45) is 7.05 Å². The predicted octanol–water partition coefficient (Wildman–Crippen LogP) is 3.33. The van der Waals surface area contributed by atoms with E-state index >= 15 is 0 Å². The normalized spacial score (nSPS) is 18.0. The van der Waals surface area contributed by atoms with Gasteiger partial charge in [-0.25, -0.2) is 4.79 Å². The highest BCUT2D eigenvalue weighted by atomic mass is 16.5. The molecule has 4 aromatic rings. The fourth-order valence-electron chi connectivity index (χ4n) is 5.22. The fourth-order valence-corrected chi connectivity index (χ4v) is 5.22. The summed E-state index contributed by atoms with van der Waals surface area (Å²) in [6.45, 7) is 2.26. The highest BCUT2D eigenvalue weighted by Crippen LogP contribution is 2.34. The molecule has 1 aromatic heterocycles. The molecule has 0 saturated carbocycles. The zero-order valence-corrected chi connectivity index (χ0v) is 21.4. The van der Waals surface area contributed by atoms with E-state index in [1.165, 1.54) is 0 Å². The number of urea groups is 1. The van der Waals surface area contributed by atoms with Gasteiger partial charge in [-0.3, -0.25) is 19.6 Å². The van der Waals surface area contributed by atoms with Crippen LogP contribution in [0.15, 0.2) is 66.9 Å². The van der Waals surface area contributed by atoms with E-state index in [0.29, 0.717) is 23.4 Å². The summed E-state index contributed by atoms with van der Waals surface area (Å²) in [5.41, 5.74) is 3.50. The number of amides is 4. The van der Waals surface area contributed by atoms with Crippen LogP contribution in [0.4, 0.5) is 4.79 Å². The molecule has 3 aromatic carbocycles. The second-order valence-corrected chi connectivity index (χ2v) is 9.63. The Morgan fingerprint density at radius 3 is 2.56 bits per heavy atom. The third-order valence-corrected chi connectivity index (χ3v) is 7.27. The molecule has 0 spiro atoms. The first-order valence-corrected chi connectivity index (χ1v) is 12.5. The third-order valence-electron chi connectivity index (χ3n) is 7.27. The van der Waals surface area contributed by atoms with Gasteiger partial charge in [0.1, 0.15) is 12.4 Å². The molecule has 1 fully saturated rings. The van der Waals surface area contributed by atoms with Gasteiger partial charge in [-0.15, -0.1) is 5.92 Å². The van der Waals surface area contributed by atoms with E-state index in [1.54, 1.807) is 24.0 Å². The van der Waals surface area contributed by atoms with Gasteiger partial charge in [-0.1, -0.05) is 42.3 Å². The minimum Gasteiger partial charge on any atom is -0.481 e. The predicted molar refractivity (Wildman–Crippen MR) is 145 cm³/mol. The number of carbonyl (C=O) groups is 3. The first kappa shape index (κ1) is 24.2. The van der Waals surface area contributed by atoms with Gasteiger partial charge < -0.3 is 15.0 Å². The maximum Gasteiger partial charge on any atom is 0.322 e. The van der Waals surface area contributed by atoms with Crippen LogP contribution in [-0.4, -0.2) is 45.7 Å². The van der Waals surface area contributed by atoms with Crippen molar-refractivity contribution in [3.8, 4) is 28.7 Å². The van der Waals surface area contributed by atoms with Crippen molar-refractivity contribution in [3.63, 3.8) is 0 Å². The number of fused-ring (bicyclic) bond motifs is 2. The van der Waals surface area contributed by atoms with E-state index < -0.39 is 17.5 Å². The number of aryl methyl sites for hydroxylation is 1. The Morgan fingerprint density at radius 2 is 1.82 bits per heavy atom. The Labute approximate surface area is 224 Å². The zero-order valence-electron chi connectivity index (χ0n) is 21.4. The van der Waals surface area contributed by atoms with Crippen molar-refractivity contribution < 1.29 is 19.1 Å². The van der Waals surface area contributed by atoms with Crippen LogP contribution in [0.25, 0.3) is 22.0 Å². The maximum absolute atomic E-state index is 13.4. The Morgan fingerprint density at radius 1 is 1.03 bits per heavy atom. The largest absolute Gasteiger partial charge is 0.481 e. The van der Waals surface area contributed by atoms with E-state index in [0.717, 1.165) is 27.6 Å². The van der Waals surface area contributed by atoms with Crippen LogP contribution in [0.1, 0.15) is 28.4 Å². The summed E-state index contributed by atoms with van der Waals surface area (Å²) in [7, 11) is 1.90. The molecule has 3 heterocycles. The minimum absolute atomic E-state index is 0.0173. The second kappa shape index (κ2) is 9.33. The number of nitrogens with one attached hydrogen (secondary N) is 2. The lowest BCUT2D eigenvalue weighted by Gasteiger charge is -2.31. The molecule has 1 atom stereocenters. The van der Waals surface area contributed by atoms with E-state index in [1.807, 2.05) is 60.4 Å². The van der Waals surface area contributed by atoms with Crippen molar-refractivity contribution in [1.29, 1.82) is 0 Å². The first-order valence-electron chi connectivity index (χ1n) is 12.5. The van der Waals surface area contributed by atoms with Crippen LogP contribution in [-0.2, 0) is 23.9 Å². The summed E-state index contributed by atoms with van der Waals surface area (Å²) >= 11 is 0. The van der Waals surface area contributed by atoms with Gasteiger partial charge in [0.15, 0.2) is 5.54 Å². The first-order chi connectivity index (χ1) is 18.9. The number of hydrogen-bond donors (Lipinski definition) is 2. The summed E-state index contributed by atoms with van der Waals surface area (Å²) in [6, 6.07) is 18.3. The average Bonchev–Trinajstić information content (AvgIpc) is 3.56. The number of rotatable bonds is 6. The molecule has 9 nitrogen and oxygen atoms in total. The molecule has 39 heavy (non-hydrogen) atoms. The number of aromatic nitrogens is 2. The monoisotopic (exact) mass is 519 g/mol. The molecule has 2 aliphatic heterocycles. The third kappa shape index (κ3) is 4.16. The number of nitrogens with zero attached hydrogens (tertiary/aromatic N) is 3. The van der Waals surface area contributed by atoms with Gasteiger partial charge in [0.25, 0.3) is 11.8 Å². The van der Waals surface area contributed by atoms with Crippen LogP contribution in [0.2, 0.25) is 0 Å². The van der Waals surface area contributed by atoms with E-state index in [-0.39, 0.29) is 19.1 Å². The lowest BCUT2D eigenvalue weighted by Crippen LogP contribution is -2.52. The van der Waals surface area contributed by atoms with Crippen molar-refractivity contribution in [1.82, 2.24) is 25.3 Å². The Hall–Kier alpha value is -5.10. The highest BCUT2D eigenvalue weighted by molar-refractivity contribution is 6.08. The molecule has 194 valence electrons. The fraction of sp³-hybridized carbons (Fsp3) is 0.200. The number of benzene rings is 3. The van der Waals surface area contributed by atoms with Gasteiger partial charge in [0.2, 0.25) is 0 Å². The summed E-state index contributed by atoms with van der Waals surface area (Å²) < 4.78 is 7.43. The lowest BCUT2D eigenvalue weighted by molar-refractivity contribution is -0.124. The van der Waals surface area contributed by atoms with Gasteiger partial charge in [0.05, 0.1) is 18.3 Å². The molecule has 0 radical (unpaired) electrons. The number of ether oxygens (including phenoxy) is 1. The Kier molecular flexibility index (Phi) is 5.80. The molecular formula is C30H25N5O4. The van der Waals surface area contributed by atoms with E-state index in [2.05, 4.69) is 33.6 Å². The summed E-state index contributed by atoms with van der Waals surface area (Å²) in [5, 5.41) is 10.5. The van der Waals surface area contributed by atoms with Crippen molar-refractivity contribution in [3.05, 3.63) is 83.6 Å². The van der Waals surface area contributed by atoms with Crippen LogP contribution >= 0.6 is 0 Å². The van der Waals surface area contributed by atoms with Crippen molar-refractivity contribution >= 4 is 28.7 Å². The molecular weight excluding hydrogens is 494 g/mol. The molecule has 2 aliphatic rings. The molecule has 4 amide bonds. The van der Waals surface area contributed by atoms with Gasteiger partial charge in [-0.2, -0.15) is 5.10 Å². The SMILES string of the molecule is CC#CCOc1ccc2c(c1)C(=O)N(C[C@@]1(c3ccc(-c4ccc5c(cnn5C)c4)cc3)NC(=O)NC1=O)C2. The second-order valence-electron chi connectivity index (χ2n) is 9.63. The molecule has 2 N–H and O–H groups in total. The Balaban J connectivity index is 1.28. The van der Waals surface area contributed by atoms with Crippen LogP contribution in [0.3, 0.4) is 0 Å². The van der Waals surface area contributed by atoms with Gasteiger partial charge in [-0.05, 0) is 53.4 Å². The lowest BCUT2D eigenvalue weighted by atomic mass is 9.88.